The van der Waals surface area contributed by atoms with Gasteiger partial charge in [0.2, 0.25) is 5.91 Å². The van der Waals surface area contributed by atoms with Gasteiger partial charge in [0.25, 0.3) is 0 Å². The zero-order chi connectivity index (χ0) is 25.0. The van der Waals surface area contributed by atoms with Crippen LogP contribution in [0.3, 0.4) is 0 Å². The number of urea groups is 1. The molecule has 2 aliphatic heterocycles. The first-order valence-corrected chi connectivity index (χ1v) is 15.1. The summed E-state index contributed by atoms with van der Waals surface area (Å²) in [5.41, 5.74) is 5.51. The molecule has 3 atom stereocenters. The quantitative estimate of drug-likeness (QED) is 0.122. The lowest BCUT2D eigenvalue weighted by Crippen LogP contribution is -2.36. The number of nitrogens with one attached hydrogen (secondary N) is 3. The van der Waals surface area contributed by atoms with Crippen molar-refractivity contribution >= 4 is 23.7 Å². The fraction of sp³-hybridized carbons (Fsp3) is 0.923. The van der Waals surface area contributed by atoms with Gasteiger partial charge in [-0.15, -0.1) is 0 Å². The summed E-state index contributed by atoms with van der Waals surface area (Å²) >= 11 is 1.92. The van der Waals surface area contributed by atoms with E-state index in [0.717, 1.165) is 44.6 Å². The summed E-state index contributed by atoms with van der Waals surface area (Å²) in [6.07, 6.45) is 16.4. The van der Waals surface area contributed by atoms with Gasteiger partial charge in [0.1, 0.15) is 0 Å². The van der Waals surface area contributed by atoms with Crippen molar-refractivity contribution in [1.82, 2.24) is 16.0 Å². The van der Waals surface area contributed by atoms with Crippen LogP contribution in [0.1, 0.15) is 89.9 Å². The topological polar surface area (TPSA) is 115 Å². The highest BCUT2D eigenvalue weighted by Crippen LogP contribution is 2.33. The van der Waals surface area contributed by atoms with Gasteiger partial charge in [0.15, 0.2) is 0 Å². The van der Waals surface area contributed by atoms with Crippen LogP contribution in [0.25, 0.3) is 0 Å². The Bertz CT molecular complexity index is 569. The molecule has 0 aromatic rings. The van der Waals surface area contributed by atoms with Crippen molar-refractivity contribution < 1.29 is 19.1 Å². The Hall–Kier alpha value is -1.03. The fourth-order valence-corrected chi connectivity index (χ4v) is 6.25. The van der Waals surface area contributed by atoms with E-state index in [1.807, 2.05) is 11.8 Å². The zero-order valence-electron chi connectivity index (χ0n) is 21.7. The van der Waals surface area contributed by atoms with Crippen molar-refractivity contribution in [1.29, 1.82) is 0 Å². The van der Waals surface area contributed by atoms with Crippen LogP contribution in [-0.4, -0.2) is 74.5 Å². The molecule has 3 amide bonds. The summed E-state index contributed by atoms with van der Waals surface area (Å²) in [4.78, 5) is 23.4. The van der Waals surface area contributed by atoms with Crippen LogP contribution >= 0.6 is 11.8 Å². The number of ether oxygens (including phenoxy) is 2. The van der Waals surface area contributed by atoms with Gasteiger partial charge in [-0.25, -0.2) is 4.79 Å². The Kier molecular flexibility index (Phi) is 17.3. The molecule has 204 valence electrons. The van der Waals surface area contributed by atoms with Crippen LogP contribution in [0, 0.1) is 0 Å². The lowest BCUT2D eigenvalue weighted by Gasteiger charge is -2.16. The number of unbranched alkanes of at least 4 members (excludes halogenated alkanes) is 10. The molecule has 5 N–H and O–H groups in total. The number of carbonyl (C=O) groups excluding carboxylic acids is 2. The van der Waals surface area contributed by atoms with E-state index in [2.05, 4.69) is 16.0 Å². The summed E-state index contributed by atoms with van der Waals surface area (Å²) in [6, 6.07) is 0.479. The number of carbonyl (C=O) groups is 2. The molecule has 0 bridgehead atoms. The monoisotopic (exact) mass is 514 g/mol. The molecule has 0 unspecified atom stereocenters. The Morgan fingerprint density at radius 3 is 2.23 bits per heavy atom. The minimum atomic E-state index is -0.0414. The number of fused-ring (bicyclic) bond motifs is 1. The molecule has 0 aromatic heterocycles. The van der Waals surface area contributed by atoms with Crippen molar-refractivity contribution in [3.05, 3.63) is 0 Å². The van der Waals surface area contributed by atoms with Crippen LogP contribution in [0.15, 0.2) is 0 Å². The van der Waals surface area contributed by atoms with E-state index in [1.54, 1.807) is 0 Å². The van der Waals surface area contributed by atoms with Gasteiger partial charge >= 0.3 is 6.03 Å². The van der Waals surface area contributed by atoms with Gasteiger partial charge in [-0.3, -0.25) is 4.79 Å². The van der Waals surface area contributed by atoms with E-state index in [-0.39, 0.29) is 24.0 Å². The smallest absolute Gasteiger partial charge is 0.315 e. The third-order valence-electron chi connectivity index (χ3n) is 6.76. The number of rotatable bonds is 23. The minimum absolute atomic E-state index is 0.0414. The molecule has 2 heterocycles. The van der Waals surface area contributed by atoms with Crippen molar-refractivity contribution in [2.45, 2.75) is 107 Å². The molecular formula is C26H50N4O4S. The van der Waals surface area contributed by atoms with E-state index >= 15 is 0 Å². The van der Waals surface area contributed by atoms with Crippen LogP contribution in [0.2, 0.25) is 0 Å². The van der Waals surface area contributed by atoms with Crippen molar-refractivity contribution in [3.63, 3.8) is 0 Å². The molecular weight excluding hydrogens is 464 g/mol. The first kappa shape index (κ1) is 30.2. The molecule has 0 radical (unpaired) electrons. The van der Waals surface area contributed by atoms with Crippen molar-refractivity contribution in [2.24, 2.45) is 5.73 Å². The second-order valence-electron chi connectivity index (χ2n) is 9.77. The molecule has 0 saturated carbocycles. The standard InChI is InChI=1S/C26H50N4O4S/c27-15-11-7-5-3-1-2-4-6-8-12-17-33-19-20-34-18-16-28-24(31)14-10-9-13-23-25-22(21-35-23)29-26(32)30-25/h22-23,25H,1-21,27H2,(H,28,31)(H2,29,30,32)/t22-,23-,25-/m0/s1. The number of amides is 3. The molecule has 2 saturated heterocycles. The van der Waals surface area contributed by atoms with E-state index < -0.39 is 0 Å². The molecule has 0 aromatic carbocycles. The van der Waals surface area contributed by atoms with E-state index in [4.69, 9.17) is 15.2 Å². The number of thioether (sulfide) groups is 1. The third kappa shape index (κ3) is 14.3. The average molecular weight is 515 g/mol. The third-order valence-corrected chi connectivity index (χ3v) is 8.27. The van der Waals surface area contributed by atoms with Crippen molar-refractivity contribution in [3.8, 4) is 0 Å². The Labute approximate surface area is 217 Å². The highest BCUT2D eigenvalue weighted by atomic mass is 32.2. The van der Waals surface area contributed by atoms with Crippen LogP contribution in [-0.2, 0) is 14.3 Å². The lowest BCUT2D eigenvalue weighted by atomic mass is 10.0. The zero-order valence-corrected chi connectivity index (χ0v) is 22.5. The fourth-order valence-electron chi connectivity index (χ4n) is 4.71. The van der Waals surface area contributed by atoms with Gasteiger partial charge in [-0.1, -0.05) is 57.8 Å². The van der Waals surface area contributed by atoms with Gasteiger partial charge in [-0.2, -0.15) is 11.8 Å². The average Bonchev–Trinajstić information content (AvgIpc) is 3.40. The first-order valence-electron chi connectivity index (χ1n) is 14.0. The molecule has 35 heavy (non-hydrogen) atoms. The molecule has 9 heteroatoms. The second-order valence-corrected chi connectivity index (χ2v) is 11.0. The maximum atomic E-state index is 12.0. The van der Waals surface area contributed by atoms with Gasteiger partial charge in [0.05, 0.1) is 31.9 Å². The second kappa shape index (κ2) is 20.1. The summed E-state index contributed by atoms with van der Waals surface area (Å²) in [5, 5.41) is 9.37. The molecule has 0 spiro atoms. The van der Waals surface area contributed by atoms with Gasteiger partial charge in [0, 0.05) is 30.6 Å². The summed E-state index contributed by atoms with van der Waals surface area (Å²) in [7, 11) is 0. The molecule has 8 nitrogen and oxygen atoms in total. The highest BCUT2D eigenvalue weighted by Gasteiger charge is 2.42. The molecule has 2 rings (SSSR count). The number of hydrogen-bond acceptors (Lipinski definition) is 6. The SMILES string of the molecule is NCCCCCCCCCCCCOCCOCCNC(=O)CCCC[C@@H]1SC[C@@H]2NC(=O)N[C@@H]21. The van der Waals surface area contributed by atoms with Crippen LogP contribution < -0.4 is 21.7 Å². The molecule has 2 aliphatic rings. The van der Waals surface area contributed by atoms with E-state index in [9.17, 15) is 9.59 Å². The number of hydrogen-bond donors (Lipinski definition) is 4. The summed E-state index contributed by atoms with van der Waals surface area (Å²) < 4.78 is 11.2. The first-order chi connectivity index (χ1) is 17.2. The summed E-state index contributed by atoms with van der Waals surface area (Å²) in [5.74, 6) is 1.07. The minimum Gasteiger partial charge on any atom is -0.379 e. The van der Waals surface area contributed by atoms with Crippen LogP contribution in [0.4, 0.5) is 4.79 Å². The van der Waals surface area contributed by atoms with Gasteiger partial charge in [-0.05, 0) is 32.2 Å². The number of nitrogens with two attached hydrogens (primary N) is 1. The predicted octanol–water partition coefficient (Wildman–Crippen LogP) is 3.72. The lowest BCUT2D eigenvalue weighted by molar-refractivity contribution is -0.121. The van der Waals surface area contributed by atoms with E-state index in [1.165, 1.54) is 57.8 Å². The van der Waals surface area contributed by atoms with Crippen LogP contribution in [0.5, 0.6) is 0 Å². The van der Waals surface area contributed by atoms with E-state index in [0.29, 0.717) is 38.0 Å². The maximum Gasteiger partial charge on any atom is 0.315 e. The largest absolute Gasteiger partial charge is 0.379 e. The molecule has 2 fully saturated rings. The maximum absolute atomic E-state index is 12.0. The Balaban J connectivity index is 1.25. The van der Waals surface area contributed by atoms with Crippen molar-refractivity contribution in [2.75, 3.05) is 45.3 Å². The van der Waals surface area contributed by atoms with Gasteiger partial charge < -0.3 is 31.2 Å². The predicted molar refractivity (Wildman–Crippen MR) is 144 cm³/mol. The molecule has 0 aliphatic carbocycles. The highest BCUT2D eigenvalue weighted by molar-refractivity contribution is 8.00. The normalized spacial score (nSPS) is 21.1. The Morgan fingerprint density at radius 1 is 0.857 bits per heavy atom. The Morgan fingerprint density at radius 2 is 1.51 bits per heavy atom. The summed E-state index contributed by atoms with van der Waals surface area (Å²) in [6.45, 7) is 3.90.